The maximum absolute atomic E-state index is 8.60. The number of nitrogens with one attached hydrogen (secondary N) is 1. The van der Waals surface area contributed by atoms with E-state index in [1.165, 1.54) is 32.1 Å². The predicted octanol–water partition coefficient (Wildman–Crippen LogP) is 2.95. The molecule has 2 nitrogen and oxygen atoms in total. The lowest BCUT2D eigenvalue weighted by molar-refractivity contribution is -0.0490. The average Bonchev–Trinajstić information content (AvgIpc) is 2.27. The lowest BCUT2D eigenvalue weighted by atomic mass is 9.50. The smallest absolute Gasteiger partial charge is 0.0635 e. The van der Waals surface area contributed by atoms with E-state index in [4.69, 9.17) is 5.26 Å². The Labute approximate surface area is 105 Å². The summed E-state index contributed by atoms with van der Waals surface area (Å²) in [6, 6.07) is 2.85. The Morgan fingerprint density at radius 2 is 1.71 bits per heavy atom. The van der Waals surface area contributed by atoms with Gasteiger partial charge in [0.15, 0.2) is 0 Å². The second kappa shape index (κ2) is 4.61. The van der Waals surface area contributed by atoms with Gasteiger partial charge in [-0.25, -0.2) is 0 Å². The maximum atomic E-state index is 8.60. The molecule has 94 valence electrons. The molecule has 4 fully saturated rings. The van der Waals surface area contributed by atoms with Crippen molar-refractivity contribution in [3.05, 3.63) is 0 Å². The normalized spacial score (nSPS) is 44.6. The van der Waals surface area contributed by atoms with Crippen LogP contribution in [0.3, 0.4) is 0 Å². The standard InChI is InChI=1S/C15H24N2/c1-10(17-4-2-3-16)15-13-6-11-5-12(8-13)9-14(15)7-11/h10-15,17H,2,4-9H2,1H3. The molecule has 4 rings (SSSR count). The van der Waals surface area contributed by atoms with E-state index in [9.17, 15) is 0 Å². The Morgan fingerprint density at radius 1 is 1.12 bits per heavy atom. The Bertz CT molecular complexity index is 289. The fourth-order valence-corrected chi connectivity index (χ4v) is 5.28. The van der Waals surface area contributed by atoms with Gasteiger partial charge in [-0.15, -0.1) is 0 Å². The van der Waals surface area contributed by atoms with E-state index in [0.717, 1.165) is 36.1 Å². The Morgan fingerprint density at radius 3 is 2.24 bits per heavy atom. The molecule has 0 amide bonds. The second-order valence-corrected chi connectivity index (χ2v) is 6.66. The van der Waals surface area contributed by atoms with E-state index >= 15 is 0 Å². The summed E-state index contributed by atoms with van der Waals surface area (Å²) in [6.07, 6.45) is 8.20. The predicted molar refractivity (Wildman–Crippen MR) is 68.2 cm³/mol. The van der Waals surface area contributed by atoms with E-state index in [1.54, 1.807) is 0 Å². The van der Waals surface area contributed by atoms with Gasteiger partial charge in [0.05, 0.1) is 6.07 Å². The minimum Gasteiger partial charge on any atom is -0.313 e. The molecule has 4 bridgehead atoms. The van der Waals surface area contributed by atoms with Crippen LogP contribution in [0, 0.1) is 40.9 Å². The summed E-state index contributed by atoms with van der Waals surface area (Å²) in [5.74, 6) is 5.04. The number of rotatable bonds is 4. The first-order chi connectivity index (χ1) is 8.28. The van der Waals surface area contributed by atoms with Crippen LogP contribution < -0.4 is 5.32 Å². The van der Waals surface area contributed by atoms with E-state index < -0.39 is 0 Å². The summed E-state index contributed by atoms with van der Waals surface area (Å²) >= 11 is 0. The molecule has 2 heteroatoms. The SMILES string of the molecule is CC(NCCC#N)C1C2CC3CC(C2)CC1C3. The first kappa shape index (κ1) is 11.5. The minimum atomic E-state index is 0.623. The Kier molecular flexibility index (Phi) is 3.13. The van der Waals surface area contributed by atoms with E-state index in [2.05, 4.69) is 18.3 Å². The van der Waals surface area contributed by atoms with Gasteiger partial charge in [0.25, 0.3) is 0 Å². The summed E-state index contributed by atoms with van der Waals surface area (Å²) < 4.78 is 0. The summed E-state index contributed by atoms with van der Waals surface area (Å²) in [5.41, 5.74) is 0. The van der Waals surface area contributed by atoms with Gasteiger partial charge >= 0.3 is 0 Å². The molecule has 0 spiro atoms. The van der Waals surface area contributed by atoms with Crippen LogP contribution in [0.5, 0.6) is 0 Å². The largest absolute Gasteiger partial charge is 0.313 e. The number of nitrogens with zero attached hydrogens (tertiary/aromatic N) is 1. The molecule has 0 heterocycles. The van der Waals surface area contributed by atoms with Crippen molar-refractivity contribution in [2.24, 2.45) is 29.6 Å². The molecular formula is C15H24N2. The van der Waals surface area contributed by atoms with Crippen LogP contribution >= 0.6 is 0 Å². The van der Waals surface area contributed by atoms with Crippen molar-refractivity contribution in [3.63, 3.8) is 0 Å². The first-order valence-corrected chi connectivity index (χ1v) is 7.38. The van der Waals surface area contributed by atoms with Crippen LogP contribution in [0.1, 0.15) is 45.4 Å². The zero-order chi connectivity index (χ0) is 11.8. The zero-order valence-corrected chi connectivity index (χ0v) is 10.9. The molecule has 0 aromatic heterocycles. The highest BCUT2D eigenvalue weighted by Crippen LogP contribution is 2.57. The van der Waals surface area contributed by atoms with Gasteiger partial charge in [-0.05, 0) is 68.6 Å². The van der Waals surface area contributed by atoms with Crippen LogP contribution in [0.25, 0.3) is 0 Å². The Balaban J connectivity index is 1.61. The van der Waals surface area contributed by atoms with Gasteiger partial charge in [0.1, 0.15) is 0 Å². The molecule has 0 saturated heterocycles. The summed E-state index contributed by atoms with van der Waals surface area (Å²) in [7, 11) is 0. The van der Waals surface area contributed by atoms with Gasteiger partial charge in [-0.1, -0.05) is 0 Å². The second-order valence-electron chi connectivity index (χ2n) is 6.66. The highest BCUT2D eigenvalue weighted by Gasteiger charge is 2.49. The van der Waals surface area contributed by atoms with Crippen LogP contribution in [0.4, 0.5) is 0 Å². The molecular weight excluding hydrogens is 208 g/mol. The molecule has 17 heavy (non-hydrogen) atoms. The average molecular weight is 232 g/mol. The molecule has 1 unspecified atom stereocenters. The van der Waals surface area contributed by atoms with Crippen LogP contribution in [0.15, 0.2) is 0 Å². The topological polar surface area (TPSA) is 35.8 Å². The number of hydrogen-bond acceptors (Lipinski definition) is 2. The van der Waals surface area contributed by atoms with E-state index in [1.807, 2.05) is 0 Å². The minimum absolute atomic E-state index is 0.623. The number of nitriles is 1. The molecule has 1 atom stereocenters. The fourth-order valence-electron chi connectivity index (χ4n) is 5.28. The lowest BCUT2D eigenvalue weighted by Crippen LogP contribution is -2.52. The molecule has 1 N–H and O–H groups in total. The molecule has 0 aliphatic heterocycles. The maximum Gasteiger partial charge on any atom is 0.0635 e. The zero-order valence-electron chi connectivity index (χ0n) is 10.9. The lowest BCUT2D eigenvalue weighted by Gasteiger charge is -2.56. The summed E-state index contributed by atoms with van der Waals surface area (Å²) in [5, 5.41) is 12.2. The van der Waals surface area contributed by atoms with Crippen LogP contribution in [0.2, 0.25) is 0 Å². The van der Waals surface area contributed by atoms with Gasteiger partial charge in [-0.2, -0.15) is 5.26 Å². The van der Waals surface area contributed by atoms with Crippen molar-refractivity contribution in [1.29, 1.82) is 5.26 Å². The monoisotopic (exact) mass is 232 g/mol. The highest BCUT2D eigenvalue weighted by atomic mass is 14.9. The van der Waals surface area contributed by atoms with Gasteiger partial charge in [0.2, 0.25) is 0 Å². The van der Waals surface area contributed by atoms with Crippen molar-refractivity contribution in [1.82, 2.24) is 5.32 Å². The first-order valence-electron chi connectivity index (χ1n) is 7.38. The molecule has 4 saturated carbocycles. The molecule has 0 radical (unpaired) electrons. The van der Waals surface area contributed by atoms with Crippen molar-refractivity contribution in [2.75, 3.05) is 6.54 Å². The van der Waals surface area contributed by atoms with Crippen molar-refractivity contribution >= 4 is 0 Å². The highest BCUT2D eigenvalue weighted by molar-refractivity contribution is 5.00. The van der Waals surface area contributed by atoms with Crippen molar-refractivity contribution in [3.8, 4) is 6.07 Å². The van der Waals surface area contributed by atoms with Crippen LogP contribution in [-0.2, 0) is 0 Å². The van der Waals surface area contributed by atoms with Crippen molar-refractivity contribution < 1.29 is 0 Å². The van der Waals surface area contributed by atoms with Gasteiger partial charge in [0, 0.05) is 19.0 Å². The third kappa shape index (κ3) is 2.10. The summed E-state index contributed by atoms with van der Waals surface area (Å²) in [6.45, 7) is 3.23. The third-order valence-corrected chi connectivity index (χ3v) is 5.58. The molecule has 4 aliphatic rings. The molecule has 0 aromatic carbocycles. The van der Waals surface area contributed by atoms with E-state index in [0.29, 0.717) is 12.5 Å². The van der Waals surface area contributed by atoms with Crippen LogP contribution in [-0.4, -0.2) is 12.6 Å². The number of hydrogen-bond donors (Lipinski definition) is 1. The fraction of sp³-hybridized carbons (Fsp3) is 0.933. The third-order valence-electron chi connectivity index (χ3n) is 5.58. The van der Waals surface area contributed by atoms with Gasteiger partial charge in [-0.3, -0.25) is 0 Å². The summed E-state index contributed by atoms with van der Waals surface area (Å²) in [4.78, 5) is 0. The molecule has 4 aliphatic carbocycles. The van der Waals surface area contributed by atoms with E-state index in [-0.39, 0.29) is 0 Å². The Hall–Kier alpha value is -0.550. The van der Waals surface area contributed by atoms with Gasteiger partial charge < -0.3 is 5.32 Å². The van der Waals surface area contributed by atoms with Crippen molar-refractivity contribution in [2.45, 2.75) is 51.5 Å². The quantitative estimate of drug-likeness (QED) is 0.756. The molecule has 0 aromatic rings.